The summed E-state index contributed by atoms with van der Waals surface area (Å²) < 4.78 is 26.9. The van der Waals surface area contributed by atoms with Crippen molar-refractivity contribution in [1.29, 1.82) is 0 Å². The summed E-state index contributed by atoms with van der Waals surface area (Å²) in [5.41, 5.74) is 0. The summed E-state index contributed by atoms with van der Waals surface area (Å²) in [7, 11) is -3.66. The van der Waals surface area contributed by atoms with Crippen LogP contribution in [0.5, 0.6) is 0 Å². The molecule has 1 rings (SSSR count). The fraction of sp³-hybridized carbons (Fsp3) is 1.00. The predicted molar refractivity (Wildman–Crippen MR) is 66.1 cm³/mol. The Hall–Kier alpha value is 0.556. The van der Waals surface area contributed by atoms with Crippen molar-refractivity contribution in [2.24, 2.45) is 0 Å². The van der Waals surface area contributed by atoms with Gasteiger partial charge in [0.2, 0.25) is 0 Å². The minimum absolute atomic E-state index is 0. The van der Waals surface area contributed by atoms with Crippen molar-refractivity contribution in [2.75, 3.05) is 38.5 Å². The molecule has 0 aromatic rings. The molecular formula is C8H22MgN2O4S. The van der Waals surface area contributed by atoms with Crippen molar-refractivity contribution in [3.05, 3.63) is 0 Å². The van der Waals surface area contributed by atoms with Crippen molar-refractivity contribution >= 4 is 33.2 Å². The Morgan fingerprint density at radius 3 is 2.12 bits per heavy atom. The van der Waals surface area contributed by atoms with Gasteiger partial charge in [0.1, 0.15) is 0 Å². The number of hydroxylamine groups is 2. The maximum atomic E-state index is 9.56. The molecule has 0 amide bonds. The minimum atomic E-state index is -3.66. The van der Waals surface area contributed by atoms with Gasteiger partial charge in [-0.2, -0.15) is 13.5 Å². The van der Waals surface area contributed by atoms with E-state index >= 15 is 0 Å². The SMILES string of the molecule is CCON1CCNCC1.CCS(=O)(=O)O.[H-].[H-].[Mg+2]. The molecule has 0 aromatic heterocycles. The Morgan fingerprint density at radius 1 is 1.38 bits per heavy atom. The van der Waals surface area contributed by atoms with Crippen LogP contribution in [-0.4, -0.2) is 79.6 Å². The average Bonchev–Trinajstić information content (AvgIpc) is 2.20. The van der Waals surface area contributed by atoms with E-state index in [1.807, 2.05) is 12.0 Å². The van der Waals surface area contributed by atoms with Gasteiger partial charge in [0.05, 0.1) is 12.4 Å². The van der Waals surface area contributed by atoms with E-state index in [0.717, 1.165) is 32.8 Å². The smallest absolute Gasteiger partial charge is 1.00 e. The van der Waals surface area contributed by atoms with Crippen LogP contribution in [0.3, 0.4) is 0 Å². The zero-order chi connectivity index (χ0) is 11.7. The van der Waals surface area contributed by atoms with E-state index in [0.29, 0.717) is 0 Å². The van der Waals surface area contributed by atoms with Crippen LogP contribution in [0.2, 0.25) is 0 Å². The van der Waals surface area contributed by atoms with Crippen molar-refractivity contribution < 1.29 is 20.7 Å². The first-order valence-corrected chi connectivity index (χ1v) is 6.64. The Kier molecular flexibility index (Phi) is 12.6. The molecule has 96 valence electrons. The Labute approximate surface area is 117 Å². The topological polar surface area (TPSA) is 78.9 Å². The van der Waals surface area contributed by atoms with Gasteiger partial charge in [-0.3, -0.25) is 9.39 Å². The van der Waals surface area contributed by atoms with Gasteiger partial charge < -0.3 is 8.17 Å². The second kappa shape index (κ2) is 10.7. The molecule has 16 heavy (non-hydrogen) atoms. The maximum absolute atomic E-state index is 9.56. The zero-order valence-electron chi connectivity index (χ0n) is 12.0. The van der Waals surface area contributed by atoms with E-state index in [2.05, 4.69) is 5.32 Å². The molecule has 6 nitrogen and oxygen atoms in total. The maximum Gasteiger partial charge on any atom is 2.00 e. The molecule has 1 heterocycles. The van der Waals surface area contributed by atoms with Crippen LogP contribution in [-0.2, 0) is 15.0 Å². The van der Waals surface area contributed by atoms with Crippen molar-refractivity contribution in [1.82, 2.24) is 10.4 Å². The predicted octanol–water partition coefficient (Wildman–Crippen LogP) is -0.419. The van der Waals surface area contributed by atoms with Crippen LogP contribution >= 0.6 is 0 Å². The molecule has 1 aliphatic heterocycles. The van der Waals surface area contributed by atoms with Gasteiger partial charge in [0.25, 0.3) is 10.1 Å². The minimum Gasteiger partial charge on any atom is -1.00 e. The van der Waals surface area contributed by atoms with Crippen molar-refractivity contribution in [3.8, 4) is 0 Å². The zero-order valence-corrected chi connectivity index (χ0v) is 12.2. The summed E-state index contributed by atoms with van der Waals surface area (Å²) >= 11 is 0. The van der Waals surface area contributed by atoms with Gasteiger partial charge >= 0.3 is 23.1 Å². The molecule has 1 fully saturated rings. The third kappa shape index (κ3) is 12.6. The second-order valence-electron chi connectivity index (χ2n) is 2.97. The summed E-state index contributed by atoms with van der Waals surface area (Å²) in [5, 5.41) is 5.26. The van der Waals surface area contributed by atoms with Gasteiger partial charge in [-0.1, -0.05) is 0 Å². The monoisotopic (exact) mass is 266 g/mol. The summed E-state index contributed by atoms with van der Waals surface area (Å²) in [6.45, 7) is 8.33. The van der Waals surface area contributed by atoms with E-state index in [1.165, 1.54) is 6.92 Å². The van der Waals surface area contributed by atoms with Crippen LogP contribution in [0, 0.1) is 0 Å². The molecule has 1 aliphatic rings. The third-order valence-electron chi connectivity index (χ3n) is 1.75. The van der Waals surface area contributed by atoms with E-state index in [-0.39, 0.29) is 31.7 Å². The second-order valence-corrected chi connectivity index (χ2v) is 4.71. The largest absolute Gasteiger partial charge is 2.00 e. The molecule has 1 saturated heterocycles. The molecule has 2 N–H and O–H groups in total. The van der Waals surface area contributed by atoms with Crippen LogP contribution in [0.15, 0.2) is 0 Å². The number of rotatable bonds is 3. The van der Waals surface area contributed by atoms with Gasteiger partial charge in [-0.05, 0) is 13.8 Å². The van der Waals surface area contributed by atoms with Gasteiger partial charge in [-0.25, -0.2) is 0 Å². The summed E-state index contributed by atoms with van der Waals surface area (Å²) in [6, 6.07) is 0. The number of piperazine rings is 1. The van der Waals surface area contributed by atoms with Crippen molar-refractivity contribution in [3.63, 3.8) is 0 Å². The molecule has 0 aromatic carbocycles. The number of hydrogen-bond acceptors (Lipinski definition) is 5. The van der Waals surface area contributed by atoms with E-state index in [1.54, 1.807) is 0 Å². The van der Waals surface area contributed by atoms with E-state index in [4.69, 9.17) is 9.39 Å². The molecule has 0 spiro atoms. The van der Waals surface area contributed by atoms with Gasteiger partial charge in [0.15, 0.2) is 0 Å². The molecule has 8 heteroatoms. The average molecular weight is 267 g/mol. The fourth-order valence-electron chi connectivity index (χ4n) is 0.956. The van der Waals surface area contributed by atoms with Gasteiger partial charge in [-0.15, -0.1) is 0 Å². The summed E-state index contributed by atoms with van der Waals surface area (Å²) in [5.74, 6) is -0.201. The Balaban J connectivity index is -0.0000000992. The van der Waals surface area contributed by atoms with Gasteiger partial charge in [0, 0.05) is 26.2 Å². The molecule has 0 aliphatic carbocycles. The molecular weight excluding hydrogens is 244 g/mol. The first-order chi connectivity index (χ1) is 6.99. The quantitative estimate of drug-likeness (QED) is 0.534. The summed E-state index contributed by atoms with van der Waals surface area (Å²) in [6.07, 6.45) is 0. The van der Waals surface area contributed by atoms with Crippen molar-refractivity contribution in [2.45, 2.75) is 13.8 Å². The molecule has 0 saturated carbocycles. The van der Waals surface area contributed by atoms with Crippen LogP contribution in [0.25, 0.3) is 0 Å². The van der Waals surface area contributed by atoms with Crippen LogP contribution < -0.4 is 5.32 Å². The molecule has 0 bridgehead atoms. The first-order valence-electron chi connectivity index (χ1n) is 5.03. The fourth-order valence-corrected chi connectivity index (χ4v) is 0.956. The van der Waals surface area contributed by atoms with E-state index in [9.17, 15) is 8.42 Å². The Bertz CT molecular complexity index is 249. The van der Waals surface area contributed by atoms with E-state index < -0.39 is 10.1 Å². The molecule has 0 atom stereocenters. The summed E-state index contributed by atoms with van der Waals surface area (Å²) in [4.78, 5) is 5.28. The number of nitrogens with one attached hydrogen (secondary N) is 1. The standard InChI is InChI=1S/C6H14N2O.C2H6O3S.Mg.2H/c1-2-9-8-5-3-7-4-6-8;1-2-6(3,4)5;;;/h7H,2-6H2,1H3;2H2,1H3,(H,3,4,5);;;/q;;+2;2*-1. The number of nitrogens with zero attached hydrogens (tertiary/aromatic N) is 1. The number of hydrogen-bond donors (Lipinski definition) is 2. The third-order valence-corrected chi connectivity index (χ3v) is 2.48. The molecule has 0 radical (unpaired) electrons. The normalized spacial score (nSPS) is 16.9. The molecule has 0 unspecified atom stereocenters. The first kappa shape index (κ1) is 18.9. The van der Waals surface area contributed by atoms with Crippen LogP contribution in [0.4, 0.5) is 0 Å². The van der Waals surface area contributed by atoms with Crippen LogP contribution in [0.1, 0.15) is 16.7 Å². The Morgan fingerprint density at radius 2 is 1.81 bits per heavy atom.